The van der Waals surface area contributed by atoms with Crippen molar-refractivity contribution < 1.29 is 0 Å². The van der Waals surface area contributed by atoms with E-state index in [1.165, 1.54) is 38.8 Å². The molecule has 0 aliphatic carbocycles. The smallest absolute Gasteiger partial charge is 0.128 e. The predicted octanol–water partition coefficient (Wildman–Crippen LogP) is 2.04. The number of aryl methyl sites for hydroxylation is 1. The fourth-order valence-corrected chi connectivity index (χ4v) is 3.26. The number of anilines is 2. The largest absolute Gasteiger partial charge is 0.397 e. The highest BCUT2D eigenvalue weighted by molar-refractivity contribution is 5.52. The van der Waals surface area contributed by atoms with Gasteiger partial charge < -0.3 is 10.6 Å². The number of likely N-dealkylation sites (tertiary alicyclic amines) is 1. The Morgan fingerprint density at radius 2 is 2.00 bits per heavy atom. The lowest BCUT2D eigenvalue weighted by Gasteiger charge is -2.32. The second-order valence-corrected chi connectivity index (χ2v) is 5.88. The minimum atomic E-state index is 0.722. The zero-order valence-electron chi connectivity index (χ0n) is 11.8. The first kappa shape index (κ1) is 12.7. The summed E-state index contributed by atoms with van der Waals surface area (Å²) in [7, 11) is 0. The van der Waals surface area contributed by atoms with E-state index in [-0.39, 0.29) is 0 Å². The van der Waals surface area contributed by atoms with Gasteiger partial charge in [0.25, 0.3) is 0 Å². The van der Waals surface area contributed by atoms with Gasteiger partial charge in [-0.2, -0.15) is 0 Å². The van der Waals surface area contributed by atoms with Gasteiger partial charge in [0.05, 0.1) is 11.9 Å². The van der Waals surface area contributed by atoms with Crippen LogP contribution in [-0.4, -0.2) is 42.1 Å². The molecule has 0 aromatic carbocycles. The van der Waals surface area contributed by atoms with Gasteiger partial charge in [0, 0.05) is 19.1 Å². The van der Waals surface area contributed by atoms with Gasteiger partial charge in [-0.3, -0.25) is 4.90 Å². The summed E-state index contributed by atoms with van der Waals surface area (Å²) in [6.07, 6.45) is 7.21. The van der Waals surface area contributed by atoms with Crippen molar-refractivity contribution in [2.75, 3.05) is 36.8 Å². The minimum Gasteiger partial charge on any atom is -0.397 e. The van der Waals surface area contributed by atoms with E-state index in [9.17, 15) is 0 Å². The molecule has 104 valence electrons. The molecular weight excluding hydrogens is 236 g/mol. The molecule has 1 atom stereocenters. The summed E-state index contributed by atoms with van der Waals surface area (Å²) in [4.78, 5) is 9.57. The van der Waals surface area contributed by atoms with Crippen LogP contribution < -0.4 is 10.6 Å². The van der Waals surface area contributed by atoms with Gasteiger partial charge in [-0.15, -0.1) is 0 Å². The Bertz CT molecular complexity index is 440. The molecule has 2 aliphatic heterocycles. The molecule has 0 bridgehead atoms. The third kappa shape index (κ3) is 2.68. The molecule has 2 aliphatic rings. The van der Waals surface area contributed by atoms with Crippen molar-refractivity contribution in [1.29, 1.82) is 0 Å². The van der Waals surface area contributed by atoms with E-state index >= 15 is 0 Å². The van der Waals surface area contributed by atoms with Crippen molar-refractivity contribution in [2.24, 2.45) is 0 Å². The molecule has 1 aromatic rings. The molecule has 0 radical (unpaired) electrons. The standard InChI is InChI=1S/C15H24N4/c1-12-9-15(17-10-14(12)16)19-8-5-13(11-19)18-6-3-2-4-7-18/h9-10,13H,2-8,11,16H2,1H3. The molecule has 0 spiro atoms. The van der Waals surface area contributed by atoms with Crippen LogP contribution in [0.25, 0.3) is 0 Å². The molecule has 19 heavy (non-hydrogen) atoms. The van der Waals surface area contributed by atoms with Gasteiger partial charge in [-0.05, 0) is 50.9 Å². The number of hydrogen-bond acceptors (Lipinski definition) is 4. The molecule has 2 saturated heterocycles. The van der Waals surface area contributed by atoms with Crippen molar-refractivity contribution in [3.8, 4) is 0 Å². The number of piperidine rings is 1. The second-order valence-electron chi connectivity index (χ2n) is 5.88. The van der Waals surface area contributed by atoms with Crippen LogP contribution in [0.5, 0.6) is 0 Å². The van der Waals surface area contributed by atoms with Crippen molar-refractivity contribution in [1.82, 2.24) is 9.88 Å². The number of hydrogen-bond donors (Lipinski definition) is 1. The fourth-order valence-electron chi connectivity index (χ4n) is 3.26. The maximum atomic E-state index is 5.84. The molecule has 1 unspecified atom stereocenters. The highest BCUT2D eigenvalue weighted by Crippen LogP contribution is 2.25. The SMILES string of the molecule is Cc1cc(N2CCC(N3CCCCC3)C2)ncc1N. The van der Waals surface area contributed by atoms with Crippen LogP contribution in [0.3, 0.4) is 0 Å². The highest BCUT2D eigenvalue weighted by atomic mass is 15.3. The Balaban J connectivity index is 1.66. The minimum absolute atomic E-state index is 0.722. The number of nitrogen functional groups attached to an aromatic ring is 1. The first-order valence-electron chi connectivity index (χ1n) is 7.45. The van der Waals surface area contributed by atoms with Gasteiger partial charge in [-0.25, -0.2) is 4.98 Å². The van der Waals surface area contributed by atoms with Crippen molar-refractivity contribution in [2.45, 2.75) is 38.6 Å². The Kier molecular flexibility index (Phi) is 3.60. The van der Waals surface area contributed by atoms with Crippen molar-refractivity contribution in [3.63, 3.8) is 0 Å². The zero-order valence-corrected chi connectivity index (χ0v) is 11.8. The van der Waals surface area contributed by atoms with E-state index < -0.39 is 0 Å². The molecule has 0 amide bonds. The quantitative estimate of drug-likeness (QED) is 0.884. The van der Waals surface area contributed by atoms with Gasteiger partial charge in [-0.1, -0.05) is 6.42 Å². The molecule has 1 aromatic heterocycles. The van der Waals surface area contributed by atoms with E-state index in [2.05, 4.69) is 27.8 Å². The number of aromatic nitrogens is 1. The molecular formula is C15H24N4. The average Bonchev–Trinajstić information content (AvgIpc) is 2.93. The van der Waals surface area contributed by atoms with Gasteiger partial charge in [0.2, 0.25) is 0 Å². The van der Waals surface area contributed by atoms with Crippen LogP contribution in [0.2, 0.25) is 0 Å². The zero-order chi connectivity index (χ0) is 13.2. The Labute approximate surface area is 115 Å². The third-order valence-electron chi connectivity index (χ3n) is 4.53. The molecule has 4 nitrogen and oxygen atoms in total. The number of nitrogens with zero attached hydrogens (tertiary/aromatic N) is 3. The molecule has 2 N–H and O–H groups in total. The lowest BCUT2D eigenvalue weighted by atomic mass is 10.1. The third-order valence-corrected chi connectivity index (χ3v) is 4.53. The molecule has 0 saturated carbocycles. The van der Waals surface area contributed by atoms with E-state index in [0.717, 1.165) is 36.2 Å². The molecule has 3 rings (SSSR count). The predicted molar refractivity (Wildman–Crippen MR) is 79.4 cm³/mol. The summed E-state index contributed by atoms with van der Waals surface area (Å²) >= 11 is 0. The summed E-state index contributed by atoms with van der Waals surface area (Å²) in [5.74, 6) is 1.09. The topological polar surface area (TPSA) is 45.4 Å². The van der Waals surface area contributed by atoms with E-state index in [1.807, 2.05) is 0 Å². The van der Waals surface area contributed by atoms with Crippen molar-refractivity contribution in [3.05, 3.63) is 17.8 Å². The Morgan fingerprint density at radius 1 is 1.21 bits per heavy atom. The summed E-state index contributed by atoms with van der Waals surface area (Å²) in [5.41, 5.74) is 7.76. The van der Waals surface area contributed by atoms with Crippen LogP contribution >= 0.6 is 0 Å². The summed E-state index contributed by atoms with van der Waals surface area (Å²) in [6, 6.07) is 2.84. The maximum absolute atomic E-state index is 5.84. The van der Waals surface area contributed by atoms with E-state index in [4.69, 9.17) is 5.73 Å². The molecule has 2 fully saturated rings. The molecule has 3 heterocycles. The van der Waals surface area contributed by atoms with E-state index in [1.54, 1.807) is 6.20 Å². The lowest BCUT2D eigenvalue weighted by Crippen LogP contribution is -2.40. The van der Waals surface area contributed by atoms with Crippen LogP contribution in [0.1, 0.15) is 31.2 Å². The number of nitrogens with two attached hydrogens (primary N) is 1. The van der Waals surface area contributed by atoms with Crippen LogP contribution in [0.4, 0.5) is 11.5 Å². The van der Waals surface area contributed by atoms with E-state index in [0.29, 0.717) is 0 Å². The van der Waals surface area contributed by atoms with Gasteiger partial charge in [0.1, 0.15) is 5.82 Å². The summed E-state index contributed by atoms with van der Waals surface area (Å²) in [5, 5.41) is 0. The summed E-state index contributed by atoms with van der Waals surface area (Å²) in [6.45, 7) is 6.87. The second kappa shape index (κ2) is 5.37. The molecule has 4 heteroatoms. The van der Waals surface area contributed by atoms with Crippen LogP contribution in [-0.2, 0) is 0 Å². The number of rotatable bonds is 2. The van der Waals surface area contributed by atoms with Gasteiger partial charge in [0.15, 0.2) is 0 Å². The fraction of sp³-hybridized carbons (Fsp3) is 0.667. The Morgan fingerprint density at radius 3 is 2.74 bits per heavy atom. The van der Waals surface area contributed by atoms with Crippen molar-refractivity contribution >= 4 is 11.5 Å². The monoisotopic (exact) mass is 260 g/mol. The Hall–Kier alpha value is -1.29. The van der Waals surface area contributed by atoms with Gasteiger partial charge >= 0.3 is 0 Å². The first-order valence-corrected chi connectivity index (χ1v) is 7.45. The maximum Gasteiger partial charge on any atom is 0.128 e. The average molecular weight is 260 g/mol. The van der Waals surface area contributed by atoms with Crippen LogP contribution in [0.15, 0.2) is 12.3 Å². The van der Waals surface area contributed by atoms with Crippen LogP contribution in [0, 0.1) is 6.92 Å². The number of pyridine rings is 1. The summed E-state index contributed by atoms with van der Waals surface area (Å²) < 4.78 is 0. The first-order chi connectivity index (χ1) is 9.24. The normalized spacial score (nSPS) is 24.9. The highest BCUT2D eigenvalue weighted by Gasteiger charge is 2.29. The lowest BCUT2D eigenvalue weighted by molar-refractivity contribution is 0.175.